The fourth-order valence-electron chi connectivity index (χ4n) is 1.97. The molecule has 3 nitrogen and oxygen atoms in total. The van der Waals surface area contributed by atoms with Crippen molar-refractivity contribution in [2.75, 3.05) is 6.61 Å². The van der Waals surface area contributed by atoms with Gasteiger partial charge < -0.3 is 4.74 Å². The minimum Gasteiger partial charge on any atom is -0.466 e. The lowest BCUT2D eigenvalue weighted by molar-refractivity contribution is -0.142. The first-order chi connectivity index (χ1) is 8.65. The first-order valence-corrected chi connectivity index (χ1v) is 6.36. The van der Waals surface area contributed by atoms with Gasteiger partial charge in [0.1, 0.15) is 0 Å². The van der Waals surface area contributed by atoms with Crippen molar-refractivity contribution in [3.05, 3.63) is 34.4 Å². The molecular formula is C15H19NO2. The van der Waals surface area contributed by atoms with Gasteiger partial charge in [-0.3, -0.25) is 4.79 Å². The Morgan fingerprint density at radius 2 is 1.89 bits per heavy atom. The number of esters is 1. The summed E-state index contributed by atoms with van der Waals surface area (Å²) in [4.78, 5) is 11.5. The second-order valence-electron chi connectivity index (χ2n) is 4.09. The molecule has 0 aliphatic heterocycles. The number of aryl methyl sites for hydroxylation is 2. The Morgan fingerprint density at radius 3 is 2.39 bits per heavy atom. The SMILES string of the molecule is CCOC(=O)Cc1cc(CC)cc(CC)c1C#N. The van der Waals surface area contributed by atoms with E-state index in [9.17, 15) is 10.1 Å². The molecule has 18 heavy (non-hydrogen) atoms. The van der Waals surface area contributed by atoms with E-state index in [1.165, 1.54) is 0 Å². The van der Waals surface area contributed by atoms with Gasteiger partial charge in [-0.1, -0.05) is 26.0 Å². The zero-order valence-corrected chi connectivity index (χ0v) is 11.2. The molecule has 1 aromatic carbocycles. The molecule has 0 radical (unpaired) electrons. The lowest BCUT2D eigenvalue weighted by Gasteiger charge is -2.10. The summed E-state index contributed by atoms with van der Waals surface area (Å²) in [6.45, 7) is 6.23. The van der Waals surface area contributed by atoms with Gasteiger partial charge in [-0.2, -0.15) is 5.26 Å². The summed E-state index contributed by atoms with van der Waals surface area (Å²) < 4.78 is 4.94. The van der Waals surface area contributed by atoms with Crippen LogP contribution in [0.1, 0.15) is 43.0 Å². The minimum absolute atomic E-state index is 0.178. The summed E-state index contributed by atoms with van der Waals surface area (Å²) in [5, 5.41) is 9.23. The number of ether oxygens (including phenoxy) is 1. The van der Waals surface area contributed by atoms with E-state index in [1.807, 2.05) is 19.1 Å². The molecule has 0 heterocycles. The number of rotatable bonds is 5. The van der Waals surface area contributed by atoms with E-state index in [0.29, 0.717) is 12.2 Å². The number of carbonyl (C=O) groups is 1. The molecule has 96 valence electrons. The monoisotopic (exact) mass is 245 g/mol. The van der Waals surface area contributed by atoms with Gasteiger partial charge in [0, 0.05) is 0 Å². The normalized spacial score (nSPS) is 9.89. The quantitative estimate of drug-likeness (QED) is 0.749. The number of hydrogen-bond donors (Lipinski definition) is 0. The maximum atomic E-state index is 11.5. The summed E-state index contributed by atoms with van der Waals surface area (Å²) in [7, 11) is 0. The predicted octanol–water partition coefficient (Wildman–Crippen LogP) is 2.79. The van der Waals surface area contributed by atoms with Gasteiger partial charge in [0.15, 0.2) is 0 Å². The fourth-order valence-corrected chi connectivity index (χ4v) is 1.97. The van der Waals surface area contributed by atoms with Crippen LogP contribution in [0.5, 0.6) is 0 Å². The maximum Gasteiger partial charge on any atom is 0.310 e. The van der Waals surface area contributed by atoms with Gasteiger partial charge in [-0.15, -0.1) is 0 Å². The highest BCUT2D eigenvalue weighted by molar-refractivity contribution is 5.74. The average molecular weight is 245 g/mol. The third-order valence-corrected chi connectivity index (χ3v) is 2.90. The van der Waals surface area contributed by atoms with Crippen LogP contribution in [0.15, 0.2) is 12.1 Å². The van der Waals surface area contributed by atoms with E-state index in [2.05, 4.69) is 13.0 Å². The van der Waals surface area contributed by atoms with Crippen LogP contribution < -0.4 is 0 Å². The van der Waals surface area contributed by atoms with Gasteiger partial charge in [0.25, 0.3) is 0 Å². The first kappa shape index (κ1) is 14.2. The highest BCUT2D eigenvalue weighted by Crippen LogP contribution is 2.19. The molecule has 0 aromatic heterocycles. The van der Waals surface area contributed by atoms with Gasteiger partial charge in [-0.25, -0.2) is 0 Å². The molecule has 1 rings (SSSR count). The van der Waals surface area contributed by atoms with E-state index >= 15 is 0 Å². The summed E-state index contributed by atoms with van der Waals surface area (Å²) in [6.07, 6.45) is 1.87. The number of nitriles is 1. The third kappa shape index (κ3) is 3.33. The zero-order valence-electron chi connectivity index (χ0n) is 11.2. The Labute approximate surface area is 108 Å². The van der Waals surface area contributed by atoms with Gasteiger partial charge in [0.05, 0.1) is 24.7 Å². The van der Waals surface area contributed by atoms with Crippen LogP contribution in [0.25, 0.3) is 0 Å². The molecule has 0 bridgehead atoms. The van der Waals surface area contributed by atoms with Crippen molar-refractivity contribution in [1.82, 2.24) is 0 Å². The molecule has 0 aliphatic carbocycles. The van der Waals surface area contributed by atoms with E-state index in [0.717, 1.165) is 29.5 Å². The number of hydrogen-bond acceptors (Lipinski definition) is 3. The van der Waals surface area contributed by atoms with Crippen molar-refractivity contribution in [3.8, 4) is 6.07 Å². The molecule has 3 heteroatoms. The minimum atomic E-state index is -0.274. The summed E-state index contributed by atoms with van der Waals surface area (Å²) in [5.74, 6) is -0.274. The van der Waals surface area contributed by atoms with E-state index in [-0.39, 0.29) is 12.4 Å². The number of benzene rings is 1. The van der Waals surface area contributed by atoms with Crippen molar-refractivity contribution in [1.29, 1.82) is 5.26 Å². The van der Waals surface area contributed by atoms with E-state index in [1.54, 1.807) is 6.92 Å². The van der Waals surface area contributed by atoms with Crippen LogP contribution in [0, 0.1) is 11.3 Å². The number of nitrogens with zero attached hydrogens (tertiary/aromatic N) is 1. The lowest BCUT2D eigenvalue weighted by atomic mass is 9.94. The molecule has 1 aromatic rings. The van der Waals surface area contributed by atoms with Crippen molar-refractivity contribution in [2.45, 2.75) is 40.0 Å². The smallest absolute Gasteiger partial charge is 0.310 e. The van der Waals surface area contributed by atoms with Crippen LogP contribution >= 0.6 is 0 Å². The molecule has 0 saturated carbocycles. The third-order valence-electron chi connectivity index (χ3n) is 2.90. The topological polar surface area (TPSA) is 50.1 Å². The van der Waals surface area contributed by atoms with Crippen LogP contribution in [-0.2, 0) is 28.8 Å². The van der Waals surface area contributed by atoms with Crippen molar-refractivity contribution in [2.24, 2.45) is 0 Å². The second kappa shape index (κ2) is 6.80. The Kier molecular flexibility index (Phi) is 5.38. The van der Waals surface area contributed by atoms with Crippen molar-refractivity contribution >= 4 is 5.97 Å². The Hall–Kier alpha value is -1.82. The maximum absolute atomic E-state index is 11.5. The van der Waals surface area contributed by atoms with E-state index in [4.69, 9.17) is 4.74 Å². The fraction of sp³-hybridized carbons (Fsp3) is 0.467. The molecule has 0 atom stereocenters. The summed E-state index contributed by atoms with van der Waals surface area (Å²) >= 11 is 0. The molecule has 0 spiro atoms. The molecule has 0 amide bonds. The summed E-state index contributed by atoms with van der Waals surface area (Å²) in [5.41, 5.74) is 3.58. The van der Waals surface area contributed by atoms with Gasteiger partial charge in [-0.05, 0) is 36.5 Å². The molecule has 0 N–H and O–H groups in total. The van der Waals surface area contributed by atoms with Crippen LogP contribution in [0.2, 0.25) is 0 Å². The van der Waals surface area contributed by atoms with Gasteiger partial charge in [0.2, 0.25) is 0 Å². The average Bonchev–Trinajstić information content (AvgIpc) is 2.37. The molecule has 0 unspecified atom stereocenters. The Morgan fingerprint density at radius 1 is 1.22 bits per heavy atom. The van der Waals surface area contributed by atoms with Crippen LogP contribution in [0.4, 0.5) is 0 Å². The predicted molar refractivity (Wildman–Crippen MR) is 70.3 cm³/mol. The largest absolute Gasteiger partial charge is 0.466 e. The van der Waals surface area contributed by atoms with Crippen molar-refractivity contribution in [3.63, 3.8) is 0 Å². The van der Waals surface area contributed by atoms with Crippen molar-refractivity contribution < 1.29 is 9.53 Å². The highest BCUT2D eigenvalue weighted by atomic mass is 16.5. The molecule has 0 aliphatic rings. The van der Waals surface area contributed by atoms with Crippen LogP contribution in [0.3, 0.4) is 0 Å². The standard InChI is InChI=1S/C15H19NO2/c1-4-11-7-12(5-2)14(10-16)13(8-11)9-15(17)18-6-3/h7-8H,4-6,9H2,1-3H3. The zero-order chi connectivity index (χ0) is 13.5. The van der Waals surface area contributed by atoms with E-state index < -0.39 is 0 Å². The molecule has 0 fully saturated rings. The molecular weight excluding hydrogens is 226 g/mol. The highest BCUT2D eigenvalue weighted by Gasteiger charge is 2.13. The van der Waals surface area contributed by atoms with Crippen LogP contribution in [-0.4, -0.2) is 12.6 Å². The lowest BCUT2D eigenvalue weighted by Crippen LogP contribution is -2.10. The molecule has 0 saturated heterocycles. The van der Waals surface area contributed by atoms with Gasteiger partial charge >= 0.3 is 5.97 Å². The second-order valence-corrected chi connectivity index (χ2v) is 4.09. The number of carbonyl (C=O) groups excluding carboxylic acids is 1. The Bertz CT molecular complexity index is 472. The first-order valence-electron chi connectivity index (χ1n) is 6.36. The Balaban J connectivity index is 3.15. The summed E-state index contributed by atoms with van der Waals surface area (Å²) in [6, 6.07) is 6.19.